The molecule has 41 valence electrons. The molecule has 0 aliphatic carbocycles. The molecule has 0 spiro atoms. The predicted molar refractivity (Wildman–Crippen MR) is 32.4 cm³/mol. The van der Waals surface area contributed by atoms with Crippen molar-refractivity contribution in [3.8, 4) is 0 Å². The Morgan fingerprint density at radius 1 is 1.75 bits per heavy atom. The molecule has 3 nitrogen and oxygen atoms in total. The Bertz CT molecular complexity index is 163. The van der Waals surface area contributed by atoms with E-state index in [2.05, 4.69) is 22.9 Å². The number of urea groups is 1. The third-order valence-corrected chi connectivity index (χ3v) is 0.872. The van der Waals surface area contributed by atoms with Crippen LogP contribution in [0.2, 0.25) is 0 Å². The van der Waals surface area contributed by atoms with E-state index in [1.807, 2.05) is 0 Å². The van der Waals surface area contributed by atoms with Gasteiger partial charge in [-0.2, -0.15) is 5.32 Å². The summed E-state index contributed by atoms with van der Waals surface area (Å²) in [5.41, 5.74) is 0. The number of carbonyl (C=O) groups excluding carboxylic acids is 1. The van der Waals surface area contributed by atoms with Gasteiger partial charge in [-0.15, -0.1) is 0 Å². The maximum absolute atomic E-state index is 10.3. The number of hydrogen-bond acceptors (Lipinski definition) is 2. The minimum Gasteiger partial charge on any atom is -0.313 e. The molecule has 1 N–H and O–H groups in total. The molecule has 0 aromatic heterocycles. The van der Waals surface area contributed by atoms with Gasteiger partial charge in [0.2, 0.25) is 0 Å². The van der Waals surface area contributed by atoms with Gasteiger partial charge in [0, 0.05) is 6.20 Å². The highest BCUT2D eigenvalue weighted by molar-refractivity contribution is 7.80. The van der Waals surface area contributed by atoms with Crippen LogP contribution in [0.4, 0.5) is 4.79 Å². The molecule has 1 aliphatic rings. The molecule has 0 aromatic carbocycles. The number of rotatable bonds is 0. The van der Waals surface area contributed by atoms with E-state index in [0.717, 1.165) is 0 Å². The van der Waals surface area contributed by atoms with Gasteiger partial charge in [0.25, 0.3) is 0 Å². The molecule has 2 amide bonds. The molecule has 8 heavy (non-hydrogen) atoms. The standard InChI is InChI=1S/C4H3N2OS/c7-4-5-2-1-3(8)6-4/h1-2H,(H,5,7). The van der Waals surface area contributed by atoms with Gasteiger partial charge >= 0.3 is 6.03 Å². The smallest absolute Gasteiger partial charge is 0.313 e. The van der Waals surface area contributed by atoms with Gasteiger partial charge in [0.1, 0.15) is 4.99 Å². The molecule has 1 aliphatic heterocycles. The first kappa shape index (κ1) is 5.24. The molecule has 0 unspecified atom stereocenters. The summed E-state index contributed by atoms with van der Waals surface area (Å²) >= 11 is 4.57. The van der Waals surface area contributed by atoms with Gasteiger partial charge in [-0.05, 0) is 6.08 Å². The average molecular weight is 127 g/mol. The fraction of sp³-hybridized carbons (Fsp3) is 0. The topological polar surface area (TPSA) is 43.2 Å². The van der Waals surface area contributed by atoms with E-state index in [4.69, 9.17) is 0 Å². The lowest BCUT2D eigenvalue weighted by Gasteiger charge is -2.02. The van der Waals surface area contributed by atoms with Crippen LogP contribution in [0.25, 0.3) is 0 Å². The quantitative estimate of drug-likeness (QED) is 0.471. The van der Waals surface area contributed by atoms with E-state index in [-0.39, 0.29) is 0 Å². The largest absolute Gasteiger partial charge is 0.346 e. The Balaban J connectivity index is 2.68. The van der Waals surface area contributed by atoms with E-state index in [9.17, 15) is 4.79 Å². The second-order valence-corrected chi connectivity index (χ2v) is 1.65. The first-order valence-electron chi connectivity index (χ1n) is 2.02. The Morgan fingerprint density at radius 2 is 2.50 bits per heavy atom. The van der Waals surface area contributed by atoms with Gasteiger partial charge in [-0.25, -0.2) is 4.79 Å². The van der Waals surface area contributed by atoms with Crippen molar-refractivity contribution in [2.24, 2.45) is 0 Å². The number of thiocarbonyl (C=S) groups is 1. The van der Waals surface area contributed by atoms with Crippen molar-refractivity contribution < 1.29 is 4.79 Å². The normalized spacial score (nSPS) is 17.5. The van der Waals surface area contributed by atoms with Crippen LogP contribution >= 0.6 is 12.2 Å². The highest BCUT2D eigenvalue weighted by Gasteiger charge is 2.05. The van der Waals surface area contributed by atoms with E-state index in [0.29, 0.717) is 4.99 Å². The van der Waals surface area contributed by atoms with Crippen molar-refractivity contribution in [2.45, 2.75) is 0 Å². The van der Waals surface area contributed by atoms with Gasteiger partial charge in [0.15, 0.2) is 0 Å². The maximum Gasteiger partial charge on any atom is 0.346 e. The molecule has 1 rings (SSSR count). The summed E-state index contributed by atoms with van der Waals surface area (Å²) in [5, 5.41) is 5.72. The van der Waals surface area contributed by atoms with Crippen molar-refractivity contribution in [3.05, 3.63) is 12.3 Å². The van der Waals surface area contributed by atoms with E-state index < -0.39 is 6.03 Å². The Labute approximate surface area is 51.8 Å². The van der Waals surface area contributed by atoms with Crippen LogP contribution < -0.4 is 10.6 Å². The predicted octanol–water partition coefficient (Wildman–Crippen LogP) is 0.155. The molecule has 0 aromatic rings. The zero-order valence-corrected chi connectivity index (χ0v) is 4.73. The zero-order valence-electron chi connectivity index (χ0n) is 3.92. The Morgan fingerprint density at radius 3 is 2.88 bits per heavy atom. The number of carbonyl (C=O) groups is 1. The van der Waals surface area contributed by atoms with Crippen LogP contribution in [0.5, 0.6) is 0 Å². The van der Waals surface area contributed by atoms with Gasteiger partial charge < -0.3 is 5.32 Å². The maximum atomic E-state index is 10.3. The molecule has 0 fully saturated rings. The molecular weight excluding hydrogens is 124 g/mol. The first-order chi connectivity index (χ1) is 3.79. The van der Waals surface area contributed by atoms with Gasteiger partial charge in [0.05, 0.1) is 0 Å². The lowest BCUT2D eigenvalue weighted by atomic mass is 10.5. The van der Waals surface area contributed by atoms with Crippen LogP contribution in [-0.2, 0) is 0 Å². The lowest BCUT2D eigenvalue weighted by molar-refractivity contribution is 0.247. The van der Waals surface area contributed by atoms with E-state index >= 15 is 0 Å². The molecule has 0 saturated carbocycles. The number of amides is 2. The summed E-state index contributed by atoms with van der Waals surface area (Å²) in [6.07, 6.45) is 3.02. The fourth-order valence-electron chi connectivity index (χ4n) is 0.354. The highest BCUT2D eigenvalue weighted by Crippen LogP contribution is 1.84. The van der Waals surface area contributed by atoms with Crippen molar-refractivity contribution in [2.75, 3.05) is 0 Å². The second-order valence-electron chi connectivity index (χ2n) is 1.23. The van der Waals surface area contributed by atoms with Crippen molar-refractivity contribution in [3.63, 3.8) is 0 Å². The van der Waals surface area contributed by atoms with Gasteiger partial charge in [-0.3, -0.25) is 0 Å². The third-order valence-electron chi connectivity index (χ3n) is 0.644. The number of hydrogen-bond donors (Lipinski definition) is 1. The number of nitrogens with zero attached hydrogens (tertiary/aromatic N) is 1. The van der Waals surface area contributed by atoms with Gasteiger partial charge in [-0.1, -0.05) is 12.2 Å². The highest BCUT2D eigenvalue weighted by atomic mass is 32.1. The molecule has 1 radical (unpaired) electrons. The van der Waals surface area contributed by atoms with Crippen LogP contribution in [0.1, 0.15) is 0 Å². The van der Waals surface area contributed by atoms with Crippen molar-refractivity contribution >= 4 is 23.2 Å². The molecule has 1 heterocycles. The summed E-state index contributed by atoms with van der Waals surface area (Å²) in [6, 6.07) is -0.391. The summed E-state index contributed by atoms with van der Waals surface area (Å²) < 4.78 is 0. The van der Waals surface area contributed by atoms with Crippen molar-refractivity contribution in [1.29, 1.82) is 0 Å². The minimum absolute atomic E-state index is 0.328. The summed E-state index contributed by atoms with van der Waals surface area (Å²) in [7, 11) is 0. The molecule has 0 bridgehead atoms. The monoisotopic (exact) mass is 127 g/mol. The summed E-state index contributed by atoms with van der Waals surface area (Å²) in [5.74, 6) is 0. The first-order valence-corrected chi connectivity index (χ1v) is 2.42. The molecular formula is C4H3N2OS. The number of nitrogens with one attached hydrogen (secondary N) is 1. The van der Waals surface area contributed by atoms with E-state index in [1.165, 1.54) is 6.20 Å². The average Bonchev–Trinajstić information content (AvgIpc) is 1.64. The Hall–Kier alpha value is -0.900. The van der Waals surface area contributed by atoms with Crippen LogP contribution in [0, 0.1) is 0 Å². The Kier molecular flexibility index (Phi) is 1.26. The van der Waals surface area contributed by atoms with Crippen molar-refractivity contribution in [1.82, 2.24) is 10.6 Å². The zero-order chi connectivity index (χ0) is 5.98. The summed E-state index contributed by atoms with van der Waals surface area (Å²) in [6.45, 7) is 0. The van der Waals surface area contributed by atoms with Crippen LogP contribution in [0.3, 0.4) is 0 Å². The third kappa shape index (κ3) is 1.04. The van der Waals surface area contributed by atoms with Crippen LogP contribution in [-0.4, -0.2) is 11.0 Å². The fourth-order valence-corrected chi connectivity index (χ4v) is 0.505. The minimum atomic E-state index is -0.391. The molecule has 0 saturated heterocycles. The van der Waals surface area contributed by atoms with Crippen LogP contribution in [0.15, 0.2) is 12.3 Å². The second kappa shape index (κ2) is 1.92. The summed E-state index contributed by atoms with van der Waals surface area (Å²) in [4.78, 5) is 10.6. The molecule has 4 heteroatoms. The lowest BCUT2D eigenvalue weighted by Crippen LogP contribution is -2.32. The van der Waals surface area contributed by atoms with E-state index in [1.54, 1.807) is 6.08 Å². The SMILES string of the molecule is O=C1[N]C(=S)C=CN1. The molecule has 0 atom stereocenters.